The van der Waals surface area contributed by atoms with Gasteiger partial charge in [-0.3, -0.25) is 0 Å². The smallest absolute Gasteiger partial charge is 0.0951 e. The lowest BCUT2D eigenvalue weighted by molar-refractivity contribution is 0.337. The zero-order valence-corrected chi connectivity index (χ0v) is 11.2. The molecule has 0 radical (unpaired) electrons. The molecule has 94 valence electrons. The van der Waals surface area contributed by atoms with Crippen molar-refractivity contribution in [3.63, 3.8) is 0 Å². The standard InChI is InChI=1S/C13H21N3S/c1-17-13-5-3-2-4-11(13)16-9-15-8-12(16)10-6-14-7-10/h8-11,13-14H,2-7H2,1H3. The van der Waals surface area contributed by atoms with Gasteiger partial charge in [0.2, 0.25) is 0 Å². The van der Waals surface area contributed by atoms with Gasteiger partial charge < -0.3 is 9.88 Å². The topological polar surface area (TPSA) is 29.9 Å². The summed E-state index contributed by atoms with van der Waals surface area (Å²) in [6, 6.07) is 0.678. The Morgan fingerprint density at radius 3 is 2.88 bits per heavy atom. The molecular formula is C13H21N3S. The van der Waals surface area contributed by atoms with E-state index in [9.17, 15) is 0 Å². The third-order valence-electron chi connectivity index (χ3n) is 4.22. The maximum absolute atomic E-state index is 4.39. The van der Waals surface area contributed by atoms with Crippen molar-refractivity contribution >= 4 is 11.8 Å². The monoisotopic (exact) mass is 251 g/mol. The van der Waals surface area contributed by atoms with E-state index in [1.54, 1.807) is 0 Å². The summed E-state index contributed by atoms with van der Waals surface area (Å²) < 4.78 is 2.48. The van der Waals surface area contributed by atoms with Gasteiger partial charge in [0.1, 0.15) is 0 Å². The summed E-state index contributed by atoms with van der Waals surface area (Å²) >= 11 is 2.03. The second-order valence-electron chi connectivity index (χ2n) is 5.21. The average Bonchev–Trinajstić information content (AvgIpc) is 2.75. The molecule has 3 nitrogen and oxygen atoms in total. The fraction of sp³-hybridized carbons (Fsp3) is 0.769. The van der Waals surface area contributed by atoms with E-state index in [0.29, 0.717) is 12.0 Å². The number of aromatic nitrogens is 2. The second-order valence-corrected chi connectivity index (χ2v) is 6.28. The van der Waals surface area contributed by atoms with E-state index < -0.39 is 0 Å². The molecule has 0 amide bonds. The van der Waals surface area contributed by atoms with Crippen molar-refractivity contribution in [1.29, 1.82) is 0 Å². The van der Waals surface area contributed by atoms with Crippen LogP contribution in [0, 0.1) is 0 Å². The van der Waals surface area contributed by atoms with Crippen LogP contribution in [-0.4, -0.2) is 34.1 Å². The Hall–Kier alpha value is -0.480. The second kappa shape index (κ2) is 5.02. The van der Waals surface area contributed by atoms with Crippen molar-refractivity contribution < 1.29 is 0 Å². The molecule has 0 aromatic carbocycles. The molecule has 0 bridgehead atoms. The average molecular weight is 251 g/mol. The minimum absolute atomic E-state index is 0.678. The van der Waals surface area contributed by atoms with Crippen molar-refractivity contribution in [3.05, 3.63) is 18.2 Å². The fourth-order valence-electron chi connectivity index (χ4n) is 3.08. The Morgan fingerprint density at radius 1 is 1.35 bits per heavy atom. The van der Waals surface area contributed by atoms with Crippen LogP contribution in [0.4, 0.5) is 0 Å². The lowest BCUT2D eigenvalue weighted by atomic mass is 9.93. The van der Waals surface area contributed by atoms with E-state index in [-0.39, 0.29) is 0 Å². The first kappa shape index (κ1) is 11.6. The molecule has 0 spiro atoms. The highest BCUT2D eigenvalue weighted by molar-refractivity contribution is 7.99. The molecule has 2 aliphatic rings. The van der Waals surface area contributed by atoms with Gasteiger partial charge >= 0.3 is 0 Å². The normalized spacial score (nSPS) is 30.2. The predicted molar refractivity (Wildman–Crippen MR) is 72.6 cm³/mol. The summed E-state index contributed by atoms with van der Waals surface area (Å²) in [6.07, 6.45) is 11.9. The summed E-state index contributed by atoms with van der Waals surface area (Å²) in [5.74, 6) is 0.696. The molecule has 2 unspecified atom stereocenters. The number of imidazole rings is 1. The molecule has 1 saturated carbocycles. The van der Waals surface area contributed by atoms with Gasteiger partial charge in [0.25, 0.3) is 0 Å². The number of nitrogens with one attached hydrogen (secondary N) is 1. The van der Waals surface area contributed by atoms with Gasteiger partial charge in [0.05, 0.1) is 6.33 Å². The highest BCUT2D eigenvalue weighted by Crippen LogP contribution is 2.37. The van der Waals surface area contributed by atoms with Gasteiger partial charge in [-0.15, -0.1) is 0 Å². The lowest BCUT2D eigenvalue weighted by Crippen LogP contribution is -2.41. The zero-order valence-electron chi connectivity index (χ0n) is 10.4. The first-order valence-corrected chi connectivity index (χ1v) is 7.94. The molecule has 17 heavy (non-hydrogen) atoms. The Balaban J connectivity index is 1.83. The van der Waals surface area contributed by atoms with Crippen molar-refractivity contribution in [3.8, 4) is 0 Å². The molecule has 1 aromatic rings. The molecule has 1 aliphatic carbocycles. The van der Waals surface area contributed by atoms with Crippen LogP contribution >= 0.6 is 11.8 Å². The molecule has 2 atom stereocenters. The van der Waals surface area contributed by atoms with E-state index in [0.717, 1.165) is 18.3 Å². The van der Waals surface area contributed by atoms with Crippen molar-refractivity contribution in [1.82, 2.24) is 14.9 Å². The van der Waals surface area contributed by atoms with Crippen molar-refractivity contribution in [2.45, 2.75) is 42.9 Å². The Bertz CT molecular complexity index is 372. The lowest BCUT2D eigenvalue weighted by Gasteiger charge is -2.35. The van der Waals surface area contributed by atoms with Crippen LogP contribution < -0.4 is 5.32 Å². The number of hydrogen-bond donors (Lipinski definition) is 1. The summed E-state index contributed by atoms with van der Waals surface area (Å²) in [4.78, 5) is 4.39. The van der Waals surface area contributed by atoms with Crippen LogP contribution in [0.3, 0.4) is 0 Å². The summed E-state index contributed by atoms with van der Waals surface area (Å²) in [5.41, 5.74) is 1.45. The van der Waals surface area contributed by atoms with E-state index in [4.69, 9.17) is 0 Å². The maximum Gasteiger partial charge on any atom is 0.0951 e. The van der Waals surface area contributed by atoms with Crippen LogP contribution in [0.5, 0.6) is 0 Å². The van der Waals surface area contributed by atoms with Gasteiger partial charge in [-0.2, -0.15) is 11.8 Å². The van der Waals surface area contributed by atoms with E-state index >= 15 is 0 Å². The van der Waals surface area contributed by atoms with Gasteiger partial charge in [-0.05, 0) is 19.1 Å². The Labute approximate surface area is 107 Å². The third-order valence-corrected chi connectivity index (χ3v) is 5.38. The quantitative estimate of drug-likeness (QED) is 0.895. The van der Waals surface area contributed by atoms with Crippen LogP contribution in [0.1, 0.15) is 43.3 Å². The van der Waals surface area contributed by atoms with E-state index in [1.165, 1.54) is 31.4 Å². The first-order chi connectivity index (χ1) is 8.40. The third kappa shape index (κ3) is 2.13. The number of nitrogens with zero attached hydrogens (tertiary/aromatic N) is 2. The molecule has 3 rings (SSSR count). The van der Waals surface area contributed by atoms with Gasteiger partial charge in [0.15, 0.2) is 0 Å². The van der Waals surface area contributed by atoms with Crippen LogP contribution in [0.2, 0.25) is 0 Å². The maximum atomic E-state index is 4.39. The molecule has 1 aliphatic heterocycles. The molecule has 2 fully saturated rings. The van der Waals surface area contributed by atoms with Gasteiger partial charge in [0, 0.05) is 42.2 Å². The largest absolute Gasteiger partial charge is 0.330 e. The Morgan fingerprint density at radius 2 is 2.18 bits per heavy atom. The molecule has 1 saturated heterocycles. The number of rotatable bonds is 3. The molecule has 4 heteroatoms. The molecule has 1 N–H and O–H groups in total. The van der Waals surface area contributed by atoms with E-state index in [2.05, 4.69) is 33.6 Å². The summed E-state index contributed by atoms with van der Waals surface area (Å²) in [5, 5.41) is 4.14. The van der Waals surface area contributed by atoms with Crippen LogP contribution in [-0.2, 0) is 0 Å². The summed E-state index contributed by atoms with van der Waals surface area (Å²) in [6.45, 7) is 2.25. The molecule has 1 aromatic heterocycles. The van der Waals surface area contributed by atoms with Crippen molar-refractivity contribution in [2.24, 2.45) is 0 Å². The minimum atomic E-state index is 0.678. The van der Waals surface area contributed by atoms with Crippen molar-refractivity contribution in [2.75, 3.05) is 19.3 Å². The number of thioether (sulfide) groups is 1. The minimum Gasteiger partial charge on any atom is -0.330 e. The highest BCUT2D eigenvalue weighted by atomic mass is 32.2. The zero-order chi connectivity index (χ0) is 11.7. The summed E-state index contributed by atoms with van der Waals surface area (Å²) in [7, 11) is 0. The predicted octanol–water partition coefficient (Wildman–Crippen LogP) is 2.42. The molecular weight excluding hydrogens is 230 g/mol. The number of hydrogen-bond acceptors (Lipinski definition) is 3. The van der Waals surface area contributed by atoms with Gasteiger partial charge in [-0.1, -0.05) is 12.8 Å². The van der Waals surface area contributed by atoms with Gasteiger partial charge in [-0.25, -0.2) is 4.98 Å². The van der Waals surface area contributed by atoms with Crippen LogP contribution in [0.25, 0.3) is 0 Å². The SMILES string of the molecule is CSC1CCCCC1n1cncc1C1CNC1. The highest BCUT2D eigenvalue weighted by Gasteiger charge is 2.30. The Kier molecular flexibility index (Phi) is 3.43. The first-order valence-electron chi connectivity index (χ1n) is 6.65. The fourth-order valence-corrected chi connectivity index (χ4v) is 4.06. The van der Waals surface area contributed by atoms with Crippen LogP contribution in [0.15, 0.2) is 12.5 Å². The molecule has 2 heterocycles. The van der Waals surface area contributed by atoms with E-state index in [1.807, 2.05) is 11.8 Å².